The van der Waals surface area contributed by atoms with Crippen LogP contribution in [-0.4, -0.2) is 51.3 Å². The van der Waals surface area contributed by atoms with Crippen LogP contribution in [-0.2, 0) is 4.79 Å². The Labute approximate surface area is 164 Å². The second kappa shape index (κ2) is 8.02. The van der Waals surface area contributed by atoms with Gasteiger partial charge in [0.15, 0.2) is 0 Å². The van der Waals surface area contributed by atoms with Gasteiger partial charge in [0, 0.05) is 18.7 Å². The van der Waals surface area contributed by atoms with Gasteiger partial charge in [-0.05, 0) is 48.2 Å². The first-order chi connectivity index (χ1) is 13.4. The van der Waals surface area contributed by atoms with Crippen LogP contribution in [0.25, 0.3) is 11.1 Å². The number of carboxylic acids is 1. The molecule has 1 fully saturated rings. The molecule has 1 heterocycles. The molecule has 0 radical (unpaired) electrons. The third-order valence-corrected chi connectivity index (χ3v) is 5.58. The van der Waals surface area contributed by atoms with Crippen LogP contribution in [0.1, 0.15) is 36.5 Å². The van der Waals surface area contributed by atoms with Gasteiger partial charge in [-0.3, -0.25) is 9.59 Å². The summed E-state index contributed by atoms with van der Waals surface area (Å²) in [6.45, 7) is 2.20. The molecule has 0 unspecified atom stereocenters. The summed E-state index contributed by atoms with van der Waals surface area (Å²) >= 11 is 0. The van der Waals surface area contributed by atoms with E-state index in [1.807, 2.05) is 13.0 Å². The normalized spacial score (nSPS) is 22.1. The number of phenolic OH excluding ortho intramolecular Hbond substituents is 1. The first-order valence-electron chi connectivity index (χ1n) is 9.47. The smallest absolute Gasteiger partial charge is 0.312 e. The predicted molar refractivity (Wildman–Crippen MR) is 105 cm³/mol. The predicted octanol–water partition coefficient (Wildman–Crippen LogP) is 3.14. The molecule has 1 aliphatic rings. The number of hydrogen-bond acceptors (Lipinski definition) is 4. The van der Waals surface area contributed by atoms with Crippen molar-refractivity contribution in [3.63, 3.8) is 0 Å². The Morgan fingerprint density at radius 2 is 1.86 bits per heavy atom. The molecular weight excluding hydrogens is 358 g/mol. The van der Waals surface area contributed by atoms with Gasteiger partial charge in [-0.15, -0.1) is 0 Å². The lowest BCUT2D eigenvalue weighted by Crippen LogP contribution is -2.56. The number of phenols is 1. The molecule has 0 bridgehead atoms. The zero-order valence-electron chi connectivity index (χ0n) is 15.8. The summed E-state index contributed by atoms with van der Waals surface area (Å²) in [6.07, 6.45) is 0.192. The van der Waals surface area contributed by atoms with E-state index in [9.17, 15) is 24.9 Å². The first-order valence-corrected chi connectivity index (χ1v) is 9.47. The van der Waals surface area contributed by atoms with Crippen LogP contribution >= 0.6 is 0 Å². The average Bonchev–Trinajstić information content (AvgIpc) is 2.69. The van der Waals surface area contributed by atoms with E-state index in [0.29, 0.717) is 24.9 Å². The maximum atomic E-state index is 12.9. The molecule has 1 saturated heterocycles. The van der Waals surface area contributed by atoms with E-state index in [4.69, 9.17) is 0 Å². The minimum absolute atomic E-state index is 0.00850. The molecule has 3 rings (SSSR count). The van der Waals surface area contributed by atoms with Gasteiger partial charge in [-0.1, -0.05) is 37.6 Å². The number of aliphatic carboxylic acids is 1. The monoisotopic (exact) mass is 383 g/mol. The number of carboxylic acid groups (broad SMARTS) is 1. The van der Waals surface area contributed by atoms with Crippen LogP contribution in [0.3, 0.4) is 0 Å². The Morgan fingerprint density at radius 1 is 1.14 bits per heavy atom. The fourth-order valence-corrected chi connectivity index (χ4v) is 3.92. The zero-order chi connectivity index (χ0) is 20.3. The van der Waals surface area contributed by atoms with Crippen molar-refractivity contribution in [2.24, 2.45) is 5.41 Å². The summed E-state index contributed by atoms with van der Waals surface area (Å²) in [6, 6.07) is 13.9. The summed E-state index contributed by atoms with van der Waals surface area (Å²) in [5.41, 5.74) is 1.02. The van der Waals surface area contributed by atoms with E-state index < -0.39 is 17.5 Å². The Balaban J connectivity index is 1.79. The molecule has 2 aromatic rings. The highest BCUT2D eigenvalue weighted by Gasteiger charge is 2.48. The number of carbonyl (C=O) groups is 2. The van der Waals surface area contributed by atoms with Gasteiger partial charge in [0.1, 0.15) is 5.75 Å². The maximum Gasteiger partial charge on any atom is 0.312 e. The number of β-amino-alcohol motifs (C(OH)–C–C–N with tert-alkyl or cyclic N) is 1. The lowest BCUT2D eigenvalue weighted by Gasteiger charge is -2.42. The maximum absolute atomic E-state index is 12.9. The minimum Gasteiger partial charge on any atom is -0.508 e. The highest BCUT2D eigenvalue weighted by atomic mass is 16.4. The lowest BCUT2D eigenvalue weighted by molar-refractivity contribution is -0.162. The fourth-order valence-electron chi connectivity index (χ4n) is 3.92. The summed E-state index contributed by atoms with van der Waals surface area (Å²) < 4.78 is 0. The van der Waals surface area contributed by atoms with Crippen molar-refractivity contribution in [2.75, 3.05) is 13.1 Å². The molecule has 2 aromatic carbocycles. The van der Waals surface area contributed by atoms with Gasteiger partial charge in [0.2, 0.25) is 0 Å². The van der Waals surface area contributed by atoms with Gasteiger partial charge in [-0.25, -0.2) is 0 Å². The third kappa shape index (κ3) is 3.73. The van der Waals surface area contributed by atoms with Crippen LogP contribution < -0.4 is 0 Å². The Morgan fingerprint density at radius 3 is 2.46 bits per heavy atom. The van der Waals surface area contributed by atoms with Gasteiger partial charge >= 0.3 is 5.97 Å². The molecule has 2 atom stereocenters. The van der Waals surface area contributed by atoms with Crippen LogP contribution in [0.2, 0.25) is 0 Å². The Bertz CT molecular complexity index is 863. The highest BCUT2D eigenvalue weighted by molar-refractivity contribution is 5.95. The van der Waals surface area contributed by atoms with E-state index in [1.165, 1.54) is 4.90 Å². The molecule has 148 valence electrons. The molecule has 6 nitrogen and oxygen atoms in total. The number of aromatic hydroxyl groups is 1. The second-order valence-electron chi connectivity index (χ2n) is 7.36. The van der Waals surface area contributed by atoms with Crippen molar-refractivity contribution < 1.29 is 24.9 Å². The number of hydrogen-bond donors (Lipinski definition) is 3. The van der Waals surface area contributed by atoms with E-state index in [-0.39, 0.29) is 24.6 Å². The van der Waals surface area contributed by atoms with E-state index in [1.54, 1.807) is 42.5 Å². The lowest BCUT2D eigenvalue weighted by atomic mass is 9.72. The largest absolute Gasteiger partial charge is 0.508 e. The van der Waals surface area contributed by atoms with Crippen molar-refractivity contribution in [1.29, 1.82) is 0 Å². The summed E-state index contributed by atoms with van der Waals surface area (Å²) in [5, 5.41) is 29.6. The number of amides is 1. The molecule has 6 heteroatoms. The van der Waals surface area contributed by atoms with Gasteiger partial charge in [0.25, 0.3) is 5.91 Å². The fraction of sp³-hybridized carbons (Fsp3) is 0.364. The van der Waals surface area contributed by atoms with Crippen molar-refractivity contribution in [2.45, 2.75) is 32.3 Å². The minimum atomic E-state index is -1.18. The number of carbonyl (C=O) groups excluding carboxylic acids is 1. The topological polar surface area (TPSA) is 98.1 Å². The standard InChI is InChI=1S/C22H25NO5/c1-2-10-22(21(27)28)11-12-23(14-19(22)25)20(26)17-5-3-4-16(13-17)15-6-8-18(24)9-7-15/h3-9,13,19,24-25H,2,10-12,14H2,1H3,(H,27,28)/t19-,22+/m1/s1. The van der Waals surface area contributed by atoms with Crippen LogP contribution in [0.15, 0.2) is 48.5 Å². The molecule has 28 heavy (non-hydrogen) atoms. The quantitative estimate of drug-likeness (QED) is 0.737. The second-order valence-corrected chi connectivity index (χ2v) is 7.36. The average molecular weight is 383 g/mol. The summed E-state index contributed by atoms with van der Waals surface area (Å²) in [7, 11) is 0. The van der Waals surface area contributed by atoms with Crippen molar-refractivity contribution in [1.82, 2.24) is 4.90 Å². The van der Waals surface area contributed by atoms with Crippen LogP contribution in [0.4, 0.5) is 0 Å². The molecule has 1 amide bonds. The molecule has 0 spiro atoms. The molecule has 3 N–H and O–H groups in total. The number of rotatable bonds is 5. The van der Waals surface area contributed by atoms with Gasteiger partial charge < -0.3 is 20.2 Å². The molecule has 0 aromatic heterocycles. The molecule has 1 aliphatic heterocycles. The summed E-state index contributed by atoms with van der Waals surface area (Å²) in [5.74, 6) is -1.05. The number of likely N-dealkylation sites (tertiary alicyclic amines) is 1. The summed E-state index contributed by atoms with van der Waals surface area (Å²) in [4.78, 5) is 26.2. The Kier molecular flexibility index (Phi) is 5.70. The van der Waals surface area contributed by atoms with E-state index >= 15 is 0 Å². The Hall–Kier alpha value is -2.86. The number of piperidine rings is 1. The molecular formula is C22H25NO5. The molecule has 0 aliphatic carbocycles. The van der Waals surface area contributed by atoms with Gasteiger partial charge in [0.05, 0.1) is 11.5 Å². The van der Waals surface area contributed by atoms with Crippen molar-refractivity contribution in [3.05, 3.63) is 54.1 Å². The number of aliphatic hydroxyl groups excluding tert-OH is 1. The first kappa shape index (κ1) is 19.9. The number of nitrogens with zero attached hydrogens (tertiary/aromatic N) is 1. The van der Waals surface area contributed by atoms with Crippen LogP contribution in [0, 0.1) is 5.41 Å². The number of aliphatic hydroxyl groups is 1. The zero-order valence-corrected chi connectivity index (χ0v) is 15.8. The van der Waals surface area contributed by atoms with Crippen molar-refractivity contribution >= 4 is 11.9 Å². The third-order valence-electron chi connectivity index (χ3n) is 5.58. The highest BCUT2D eigenvalue weighted by Crippen LogP contribution is 2.37. The number of benzene rings is 2. The van der Waals surface area contributed by atoms with E-state index in [0.717, 1.165) is 11.1 Å². The van der Waals surface area contributed by atoms with Crippen LogP contribution in [0.5, 0.6) is 5.75 Å². The van der Waals surface area contributed by atoms with Gasteiger partial charge in [-0.2, -0.15) is 0 Å². The van der Waals surface area contributed by atoms with E-state index in [2.05, 4.69) is 0 Å². The SMILES string of the molecule is CCC[C@]1(C(=O)O)CCN(C(=O)c2cccc(-c3ccc(O)cc3)c2)C[C@H]1O. The van der Waals surface area contributed by atoms with Crippen molar-refractivity contribution in [3.8, 4) is 16.9 Å². The molecule has 0 saturated carbocycles.